The lowest BCUT2D eigenvalue weighted by Crippen LogP contribution is -1.88. The molecular formula is C8H7Br2I. The second kappa shape index (κ2) is 4.23. The van der Waals surface area contributed by atoms with Crippen LogP contribution in [0.1, 0.15) is 11.1 Å². The summed E-state index contributed by atoms with van der Waals surface area (Å²) >= 11 is 9.31. The molecule has 0 spiro atoms. The lowest BCUT2D eigenvalue weighted by Gasteiger charge is -2.05. The van der Waals surface area contributed by atoms with E-state index >= 15 is 0 Å². The maximum Gasteiger partial charge on any atom is 0.0293 e. The molecule has 0 radical (unpaired) electrons. The first-order valence-electron chi connectivity index (χ1n) is 3.16. The Kier molecular flexibility index (Phi) is 3.85. The monoisotopic (exact) mass is 388 g/mol. The largest absolute Gasteiger partial charge is 0.0876 e. The molecule has 0 N–H and O–H groups in total. The van der Waals surface area contributed by atoms with E-state index < -0.39 is 0 Å². The van der Waals surface area contributed by atoms with Crippen LogP contribution in [0, 0.1) is 10.5 Å². The van der Waals surface area contributed by atoms with Crippen molar-refractivity contribution in [3.63, 3.8) is 0 Å². The summed E-state index contributed by atoms with van der Waals surface area (Å²) in [5.74, 6) is 0. The number of rotatable bonds is 1. The van der Waals surface area contributed by atoms with Crippen molar-refractivity contribution in [2.75, 3.05) is 0 Å². The van der Waals surface area contributed by atoms with Gasteiger partial charge in [0.2, 0.25) is 0 Å². The highest BCUT2D eigenvalue weighted by Crippen LogP contribution is 2.25. The van der Waals surface area contributed by atoms with Gasteiger partial charge >= 0.3 is 0 Å². The highest BCUT2D eigenvalue weighted by molar-refractivity contribution is 14.1. The Labute approximate surface area is 97.2 Å². The molecule has 11 heavy (non-hydrogen) atoms. The second-order valence-electron chi connectivity index (χ2n) is 2.28. The summed E-state index contributed by atoms with van der Waals surface area (Å²) < 4.78 is 2.53. The maximum atomic E-state index is 3.49. The van der Waals surface area contributed by atoms with Gasteiger partial charge in [0.15, 0.2) is 0 Å². The number of hydrogen-bond donors (Lipinski definition) is 0. The van der Waals surface area contributed by atoms with Crippen LogP contribution in [-0.2, 0) is 5.33 Å². The fourth-order valence-electron chi connectivity index (χ4n) is 0.821. The van der Waals surface area contributed by atoms with Gasteiger partial charge < -0.3 is 0 Å². The van der Waals surface area contributed by atoms with Crippen LogP contribution in [0.4, 0.5) is 0 Å². The zero-order chi connectivity index (χ0) is 8.43. The predicted octanol–water partition coefficient (Wildman–Crippen LogP) is 4.26. The van der Waals surface area contributed by atoms with Crippen LogP contribution in [0.2, 0.25) is 0 Å². The predicted molar refractivity (Wildman–Crippen MR) is 64.2 cm³/mol. The molecule has 0 bridgehead atoms. The van der Waals surface area contributed by atoms with Crippen molar-refractivity contribution in [3.8, 4) is 0 Å². The quantitative estimate of drug-likeness (QED) is 0.497. The Balaban J connectivity index is 3.25. The highest BCUT2D eigenvalue weighted by Gasteiger charge is 2.03. The summed E-state index contributed by atoms with van der Waals surface area (Å²) in [6, 6.07) is 4.22. The fraction of sp³-hybridized carbons (Fsp3) is 0.250. The van der Waals surface area contributed by atoms with Gasteiger partial charge in [-0.2, -0.15) is 0 Å². The normalized spacial score (nSPS) is 10.2. The number of benzene rings is 1. The molecule has 0 heterocycles. The van der Waals surface area contributed by atoms with E-state index in [1.54, 1.807) is 0 Å². The smallest absolute Gasteiger partial charge is 0.0293 e. The van der Waals surface area contributed by atoms with Gasteiger partial charge in [0, 0.05) is 13.4 Å². The van der Waals surface area contributed by atoms with Crippen molar-refractivity contribution >= 4 is 54.5 Å². The summed E-state index contributed by atoms with van der Waals surface area (Å²) in [5, 5.41) is 0.930. The molecule has 0 saturated heterocycles. The topological polar surface area (TPSA) is 0 Å². The average Bonchev–Trinajstić information content (AvgIpc) is 2.01. The molecule has 0 aliphatic heterocycles. The van der Waals surface area contributed by atoms with Crippen LogP contribution in [0.5, 0.6) is 0 Å². The van der Waals surface area contributed by atoms with E-state index in [9.17, 15) is 0 Å². The van der Waals surface area contributed by atoms with Gasteiger partial charge in [-0.25, -0.2) is 0 Å². The lowest BCUT2D eigenvalue weighted by atomic mass is 10.2. The van der Waals surface area contributed by atoms with E-state index in [1.807, 2.05) is 0 Å². The van der Waals surface area contributed by atoms with Crippen molar-refractivity contribution in [1.29, 1.82) is 0 Å². The Morgan fingerprint density at radius 3 is 2.64 bits per heavy atom. The van der Waals surface area contributed by atoms with E-state index in [1.165, 1.54) is 19.2 Å². The number of alkyl halides is 1. The van der Waals surface area contributed by atoms with Gasteiger partial charge in [0.05, 0.1) is 0 Å². The van der Waals surface area contributed by atoms with Crippen molar-refractivity contribution in [3.05, 3.63) is 31.3 Å². The van der Waals surface area contributed by atoms with E-state index in [0.29, 0.717) is 0 Å². The third-order valence-corrected chi connectivity index (χ3v) is 4.51. The second-order valence-corrected chi connectivity index (χ2v) is 4.77. The van der Waals surface area contributed by atoms with Crippen molar-refractivity contribution in [2.45, 2.75) is 12.3 Å². The molecule has 1 aromatic carbocycles. The number of halogens is 3. The molecule has 0 aliphatic rings. The molecule has 0 amide bonds. The van der Waals surface area contributed by atoms with Crippen molar-refractivity contribution in [1.82, 2.24) is 0 Å². The molecule has 0 saturated carbocycles. The van der Waals surface area contributed by atoms with Gasteiger partial charge in [-0.3, -0.25) is 0 Å². The molecule has 0 nitrogen and oxygen atoms in total. The molecule has 1 rings (SSSR count). The first-order chi connectivity index (χ1) is 5.16. The van der Waals surface area contributed by atoms with E-state index in [2.05, 4.69) is 73.5 Å². The summed E-state index contributed by atoms with van der Waals surface area (Å²) in [5.41, 5.74) is 2.67. The van der Waals surface area contributed by atoms with Crippen LogP contribution in [0.25, 0.3) is 0 Å². The lowest BCUT2D eigenvalue weighted by molar-refractivity contribution is 1.30. The minimum absolute atomic E-state index is 0.930. The molecule has 0 fully saturated rings. The van der Waals surface area contributed by atoms with E-state index in [-0.39, 0.29) is 0 Å². The first kappa shape index (κ1) is 9.99. The first-order valence-corrected chi connectivity index (χ1v) is 6.15. The van der Waals surface area contributed by atoms with Crippen LogP contribution in [0.3, 0.4) is 0 Å². The molecular weight excluding hydrogens is 383 g/mol. The maximum absolute atomic E-state index is 3.49. The van der Waals surface area contributed by atoms with Gasteiger partial charge in [-0.05, 0) is 46.7 Å². The Hall–Kier alpha value is 0.910. The molecule has 0 unspecified atom stereocenters. The summed E-state index contributed by atoms with van der Waals surface area (Å²) in [4.78, 5) is 0. The van der Waals surface area contributed by atoms with E-state index in [4.69, 9.17) is 0 Å². The van der Waals surface area contributed by atoms with Gasteiger partial charge in [-0.15, -0.1) is 0 Å². The molecule has 3 heteroatoms. The van der Waals surface area contributed by atoms with Crippen LogP contribution < -0.4 is 0 Å². The fourth-order valence-corrected chi connectivity index (χ4v) is 3.17. The van der Waals surface area contributed by atoms with Gasteiger partial charge in [0.1, 0.15) is 0 Å². The third-order valence-electron chi connectivity index (χ3n) is 1.54. The zero-order valence-electron chi connectivity index (χ0n) is 6.00. The highest BCUT2D eigenvalue weighted by atomic mass is 127. The van der Waals surface area contributed by atoms with E-state index in [0.717, 1.165) is 5.33 Å². The summed E-state index contributed by atoms with van der Waals surface area (Å²) in [7, 11) is 0. The zero-order valence-corrected chi connectivity index (χ0v) is 11.3. The standard InChI is InChI=1S/C8H7Br2I/c1-5-7(10)3-2-6(4-9)8(5)11/h2-3H,4H2,1H3. The Morgan fingerprint density at radius 2 is 2.09 bits per heavy atom. The molecule has 0 atom stereocenters. The Bertz CT molecular complexity index is 271. The van der Waals surface area contributed by atoms with Crippen molar-refractivity contribution < 1.29 is 0 Å². The van der Waals surface area contributed by atoms with Crippen LogP contribution in [0.15, 0.2) is 16.6 Å². The molecule has 60 valence electrons. The SMILES string of the molecule is Cc1c(Br)ccc(CBr)c1I. The molecule has 0 aliphatic carbocycles. The van der Waals surface area contributed by atoms with Crippen molar-refractivity contribution in [2.24, 2.45) is 0 Å². The molecule has 1 aromatic rings. The molecule has 0 aromatic heterocycles. The number of hydrogen-bond acceptors (Lipinski definition) is 0. The Morgan fingerprint density at radius 1 is 1.45 bits per heavy atom. The third kappa shape index (κ3) is 2.18. The van der Waals surface area contributed by atoms with Gasteiger partial charge in [0.25, 0.3) is 0 Å². The van der Waals surface area contributed by atoms with Gasteiger partial charge in [-0.1, -0.05) is 37.9 Å². The average molecular weight is 390 g/mol. The van der Waals surface area contributed by atoms with Crippen LogP contribution in [-0.4, -0.2) is 0 Å². The van der Waals surface area contributed by atoms with Crippen LogP contribution >= 0.6 is 54.5 Å². The summed E-state index contributed by atoms with van der Waals surface area (Å²) in [6.07, 6.45) is 0. The summed E-state index contributed by atoms with van der Waals surface area (Å²) in [6.45, 7) is 2.12. The minimum atomic E-state index is 0.930. The minimum Gasteiger partial charge on any atom is -0.0876 e.